The highest BCUT2D eigenvalue weighted by Gasteiger charge is 2.29. The van der Waals surface area contributed by atoms with E-state index in [1.807, 2.05) is 4.98 Å². The first-order chi connectivity index (χ1) is 8.81. The minimum atomic E-state index is -4.56. The zero-order valence-corrected chi connectivity index (χ0v) is 9.75. The number of H-pyrrole nitrogens is 1. The maximum absolute atomic E-state index is 12.4. The minimum Gasteiger partial charge on any atom is -0.497 e. The molecular formula is C11H9F3N2O3. The van der Waals surface area contributed by atoms with Crippen molar-refractivity contribution in [2.45, 2.75) is 12.7 Å². The first-order valence-electron chi connectivity index (χ1n) is 5.19. The highest BCUT2D eigenvalue weighted by atomic mass is 19.4. The van der Waals surface area contributed by atoms with Crippen molar-refractivity contribution >= 4 is 10.9 Å². The highest BCUT2D eigenvalue weighted by molar-refractivity contribution is 5.79. The second kappa shape index (κ2) is 4.45. The second-order valence-corrected chi connectivity index (χ2v) is 3.84. The van der Waals surface area contributed by atoms with E-state index in [0.717, 1.165) is 0 Å². The average molecular weight is 274 g/mol. The molecule has 5 nitrogen and oxygen atoms in total. The molecule has 8 heteroatoms. The van der Waals surface area contributed by atoms with Crippen LogP contribution < -0.4 is 16.0 Å². The van der Waals surface area contributed by atoms with Crippen LogP contribution in [0.1, 0.15) is 0 Å². The summed E-state index contributed by atoms with van der Waals surface area (Å²) < 4.78 is 42.6. The van der Waals surface area contributed by atoms with Gasteiger partial charge in [0.05, 0.1) is 18.0 Å². The Balaban J connectivity index is 2.77. The second-order valence-electron chi connectivity index (χ2n) is 3.84. The summed E-state index contributed by atoms with van der Waals surface area (Å²) in [6.07, 6.45) is -4.56. The number of hydrogen-bond acceptors (Lipinski definition) is 3. The third kappa shape index (κ3) is 2.61. The third-order valence-electron chi connectivity index (χ3n) is 2.54. The first kappa shape index (κ1) is 13.2. The summed E-state index contributed by atoms with van der Waals surface area (Å²) in [5, 5.41) is -0.0387. The van der Waals surface area contributed by atoms with Gasteiger partial charge >= 0.3 is 11.9 Å². The van der Waals surface area contributed by atoms with Gasteiger partial charge in [-0.05, 0) is 18.2 Å². The Labute approximate surface area is 104 Å². The van der Waals surface area contributed by atoms with Crippen LogP contribution in [0.4, 0.5) is 13.2 Å². The van der Waals surface area contributed by atoms with Crippen LogP contribution in [0.25, 0.3) is 10.9 Å². The molecule has 0 amide bonds. The summed E-state index contributed by atoms with van der Waals surface area (Å²) in [4.78, 5) is 24.9. The number of nitrogens with one attached hydrogen (secondary N) is 1. The molecule has 1 heterocycles. The van der Waals surface area contributed by atoms with Gasteiger partial charge in [-0.15, -0.1) is 0 Å². The Morgan fingerprint density at radius 2 is 2.00 bits per heavy atom. The normalized spacial score (nSPS) is 11.8. The molecule has 1 N–H and O–H groups in total. The fourth-order valence-corrected chi connectivity index (χ4v) is 1.74. The van der Waals surface area contributed by atoms with Crippen molar-refractivity contribution in [2.24, 2.45) is 0 Å². The van der Waals surface area contributed by atoms with Crippen LogP contribution in [0.3, 0.4) is 0 Å². The molecule has 0 bridgehead atoms. The number of hydrogen-bond donors (Lipinski definition) is 1. The van der Waals surface area contributed by atoms with E-state index in [1.54, 1.807) is 0 Å². The Kier molecular flexibility index (Phi) is 3.09. The quantitative estimate of drug-likeness (QED) is 0.896. The minimum absolute atomic E-state index is 0.0387. The van der Waals surface area contributed by atoms with Crippen LogP contribution in [-0.2, 0) is 6.54 Å². The molecule has 0 spiro atoms. The molecule has 0 aliphatic rings. The Morgan fingerprint density at radius 1 is 1.32 bits per heavy atom. The molecule has 19 heavy (non-hydrogen) atoms. The van der Waals surface area contributed by atoms with Gasteiger partial charge in [-0.2, -0.15) is 13.2 Å². The number of aromatic amines is 1. The molecule has 102 valence electrons. The summed E-state index contributed by atoms with van der Waals surface area (Å²) in [5.74, 6) is 0.315. The number of rotatable bonds is 2. The number of aromatic nitrogens is 2. The van der Waals surface area contributed by atoms with Crippen LogP contribution in [0.5, 0.6) is 5.75 Å². The molecule has 2 rings (SSSR count). The van der Waals surface area contributed by atoms with Crippen molar-refractivity contribution < 1.29 is 17.9 Å². The van der Waals surface area contributed by atoms with Gasteiger partial charge in [-0.3, -0.25) is 14.3 Å². The van der Waals surface area contributed by atoms with Crippen LogP contribution in [-0.4, -0.2) is 22.8 Å². The van der Waals surface area contributed by atoms with E-state index in [4.69, 9.17) is 4.74 Å². The van der Waals surface area contributed by atoms with E-state index in [0.29, 0.717) is 10.3 Å². The third-order valence-corrected chi connectivity index (χ3v) is 2.54. The summed E-state index contributed by atoms with van der Waals surface area (Å²) in [7, 11) is 1.36. The van der Waals surface area contributed by atoms with Crippen molar-refractivity contribution in [1.82, 2.24) is 9.55 Å². The van der Waals surface area contributed by atoms with E-state index in [-0.39, 0.29) is 10.9 Å². The van der Waals surface area contributed by atoms with Crippen molar-refractivity contribution in [3.05, 3.63) is 39.0 Å². The van der Waals surface area contributed by atoms with Gasteiger partial charge in [-0.25, -0.2) is 4.79 Å². The summed E-state index contributed by atoms with van der Waals surface area (Å²) in [6, 6.07) is 3.91. The predicted octanol–water partition coefficient (Wildman–Crippen LogP) is 1.26. The van der Waals surface area contributed by atoms with E-state index in [1.165, 1.54) is 25.3 Å². The molecule has 0 unspecified atom stereocenters. The number of alkyl halides is 3. The standard InChI is InChI=1S/C11H9F3N2O3/c1-19-6-2-3-8-7(4-6)9(17)15-10(18)16(8)5-11(12,13)14/h2-4H,5H2,1H3,(H,15,17,18). The zero-order valence-electron chi connectivity index (χ0n) is 9.75. The molecule has 1 aromatic heterocycles. The SMILES string of the molecule is COc1ccc2c(c1)c(=O)[nH]c(=O)n2CC(F)(F)F. The summed E-state index contributed by atoms with van der Waals surface area (Å²) in [5.41, 5.74) is -1.94. The smallest absolute Gasteiger partial charge is 0.406 e. The van der Waals surface area contributed by atoms with Gasteiger partial charge in [0, 0.05) is 0 Å². The molecule has 0 aliphatic heterocycles. The molecule has 2 aromatic rings. The van der Waals surface area contributed by atoms with E-state index in [2.05, 4.69) is 0 Å². The number of fused-ring (bicyclic) bond motifs is 1. The monoisotopic (exact) mass is 274 g/mol. The molecule has 0 fully saturated rings. The number of methoxy groups -OCH3 is 1. The number of halogens is 3. The lowest BCUT2D eigenvalue weighted by Crippen LogP contribution is -2.34. The fourth-order valence-electron chi connectivity index (χ4n) is 1.74. The molecule has 0 radical (unpaired) electrons. The highest BCUT2D eigenvalue weighted by Crippen LogP contribution is 2.21. The van der Waals surface area contributed by atoms with Gasteiger partial charge in [0.1, 0.15) is 12.3 Å². The van der Waals surface area contributed by atoms with E-state index in [9.17, 15) is 22.8 Å². The Hall–Kier alpha value is -2.25. The maximum Gasteiger partial charge on any atom is 0.406 e. The summed E-state index contributed by atoms with van der Waals surface area (Å²) >= 11 is 0. The number of ether oxygens (including phenoxy) is 1. The molecule has 0 saturated carbocycles. The fraction of sp³-hybridized carbons (Fsp3) is 0.273. The molecule has 0 atom stereocenters. The molecule has 1 aromatic carbocycles. The molecule has 0 aliphatic carbocycles. The molecular weight excluding hydrogens is 265 g/mol. The average Bonchev–Trinajstić information content (AvgIpc) is 2.32. The van der Waals surface area contributed by atoms with Gasteiger partial charge in [-0.1, -0.05) is 0 Å². The number of nitrogens with zero attached hydrogens (tertiary/aromatic N) is 1. The van der Waals surface area contributed by atoms with Gasteiger partial charge in [0.15, 0.2) is 0 Å². The lowest BCUT2D eigenvalue weighted by Gasteiger charge is -2.12. The van der Waals surface area contributed by atoms with E-state index >= 15 is 0 Å². The van der Waals surface area contributed by atoms with Crippen LogP contribution >= 0.6 is 0 Å². The van der Waals surface area contributed by atoms with Gasteiger partial charge < -0.3 is 4.74 Å². The van der Waals surface area contributed by atoms with Crippen molar-refractivity contribution in [3.63, 3.8) is 0 Å². The van der Waals surface area contributed by atoms with Crippen LogP contribution in [0.15, 0.2) is 27.8 Å². The maximum atomic E-state index is 12.4. The first-order valence-corrected chi connectivity index (χ1v) is 5.19. The predicted molar refractivity (Wildman–Crippen MR) is 61.4 cm³/mol. The number of benzene rings is 1. The summed E-state index contributed by atoms with van der Waals surface area (Å²) in [6.45, 7) is -1.47. The topological polar surface area (TPSA) is 64.1 Å². The zero-order chi connectivity index (χ0) is 14.2. The molecule has 0 saturated heterocycles. The Morgan fingerprint density at radius 3 is 2.58 bits per heavy atom. The van der Waals surface area contributed by atoms with Crippen LogP contribution in [0, 0.1) is 0 Å². The van der Waals surface area contributed by atoms with Crippen molar-refractivity contribution in [3.8, 4) is 5.75 Å². The lowest BCUT2D eigenvalue weighted by molar-refractivity contribution is -0.140. The van der Waals surface area contributed by atoms with Crippen LogP contribution in [0.2, 0.25) is 0 Å². The van der Waals surface area contributed by atoms with Crippen molar-refractivity contribution in [2.75, 3.05) is 7.11 Å². The van der Waals surface area contributed by atoms with E-state index < -0.39 is 24.0 Å². The lowest BCUT2D eigenvalue weighted by atomic mass is 10.2. The van der Waals surface area contributed by atoms with Gasteiger partial charge in [0.2, 0.25) is 0 Å². The van der Waals surface area contributed by atoms with Crippen molar-refractivity contribution in [1.29, 1.82) is 0 Å². The Bertz CT molecular complexity index is 731. The van der Waals surface area contributed by atoms with Gasteiger partial charge in [0.25, 0.3) is 5.56 Å². The largest absolute Gasteiger partial charge is 0.497 e.